The van der Waals surface area contributed by atoms with E-state index < -0.39 is 23.2 Å². The maximum absolute atomic E-state index is 13.7. The molecule has 4 nitrogen and oxygen atoms in total. The van der Waals surface area contributed by atoms with Crippen LogP contribution in [0.25, 0.3) is 0 Å². The Hall–Kier alpha value is -3.54. The van der Waals surface area contributed by atoms with Crippen molar-refractivity contribution in [3.8, 4) is 0 Å². The number of halogens is 2. The third kappa shape index (κ3) is 5.54. The molecule has 0 aliphatic rings. The number of anilines is 1. The first-order valence-electron chi connectivity index (χ1n) is 9.88. The molecule has 0 bridgehead atoms. The highest BCUT2D eigenvalue weighted by Gasteiger charge is 2.15. The maximum Gasteiger partial charge on any atom is 0.255 e. The standard InChI is InChI=1S/C25H24F2N2O2/c1-25(2,3)19-13-11-17(12-14-19)23(30)28-15-16-7-9-18(10-8-16)24(31)29-22-20(26)5-4-6-21(22)27/h4-14H,15H2,1-3H3,(H,28,30)(H,29,31). The van der Waals surface area contributed by atoms with Crippen LogP contribution in [0.5, 0.6) is 0 Å². The van der Waals surface area contributed by atoms with Crippen molar-refractivity contribution in [2.24, 2.45) is 0 Å². The molecule has 0 aromatic heterocycles. The second-order valence-corrected chi connectivity index (χ2v) is 8.26. The number of nitrogens with one attached hydrogen (secondary N) is 2. The predicted octanol–water partition coefficient (Wildman–Crippen LogP) is 5.44. The lowest BCUT2D eigenvalue weighted by Gasteiger charge is -2.19. The van der Waals surface area contributed by atoms with Crippen LogP contribution >= 0.6 is 0 Å². The van der Waals surface area contributed by atoms with Crippen LogP contribution in [0.4, 0.5) is 14.5 Å². The zero-order chi connectivity index (χ0) is 22.6. The molecule has 0 unspecified atom stereocenters. The summed E-state index contributed by atoms with van der Waals surface area (Å²) in [5, 5.41) is 5.08. The Morgan fingerprint density at radius 1 is 0.774 bits per heavy atom. The lowest BCUT2D eigenvalue weighted by Crippen LogP contribution is -2.23. The molecule has 3 rings (SSSR count). The molecule has 0 spiro atoms. The summed E-state index contributed by atoms with van der Waals surface area (Å²) in [5.41, 5.74) is 2.27. The minimum Gasteiger partial charge on any atom is -0.348 e. The molecular formula is C25H24F2N2O2. The normalized spacial score (nSPS) is 11.1. The third-order valence-corrected chi connectivity index (χ3v) is 4.88. The minimum absolute atomic E-state index is 0.0150. The first-order valence-corrected chi connectivity index (χ1v) is 9.88. The molecule has 0 aliphatic carbocycles. The molecule has 31 heavy (non-hydrogen) atoms. The number of amides is 2. The van der Waals surface area contributed by atoms with Gasteiger partial charge in [0.2, 0.25) is 0 Å². The van der Waals surface area contributed by atoms with Crippen molar-refractivity contribution in [1.29, 1.82) is 0 Å². The zero-order valence-electron chi connectivity index (χ0n) is 17.6. The lowest BCUT2D eigenvalue weighted by atomic mass is 9.87. The number of rotatable bonds is 5. The number of carbonyl (C=O) groups is 2. The van der Waals surface area contributed by atoms with E-state index in [4.69, 9.17) is 0 Å². The number of benzene rings is 3. The minimum atomic E-state index is -0.844. The summed E-state index contributed by atoms with van der Waals surface area (Å²) in [6.07, 6.45) is 0. The SMILES string of the molecule is CC(C)(C)c1ccc(C(=O)NCc2ccc(C(=O)Nc3c(F)cccc3F)cc2)cc1. The lowest BCUT2D eigenvalue weighted by molar-refractivity contribution is 0.0949. The predicted molar refractivity (Wildman–Crippen MR) is 117 cm³/mol. The van der Waals surface area contributed by atoms with Crippen LogP contribution < -0.4 is 10.6 Å². The third-order valence-electron chi connectivity index (χ3n) is 4.88. The van der Waals surface area contributed by atoms with Gasteiger partial charge >= 0.3 is 0 Å². The van der Waals surface area contributed by atoms with Crippen molar-refractivity contribution in [3.63, 3.8) is 0 Å². The fourth-order valence-corrected chi connectivity index (χ4v) is 2.98. The molecule has 0 radical (unpaired) electrons. The van der Waals surface area contributed by atoms with Gasteiger partial charge in [0.05, 0.1) is 0 Å². The molecule has 0 aliphatic heterocycles. The van der Waals surface area contributed by atoms with Gasteiger partial charge in [0.15, 0.2) is 0 Å². The summed E-state index contributed by atoms with van der Waals surface area (Å²) in [7, 11) is 0. The molecular weight excluding hydrogens is 398 g/mol. The van der Waals surface area contributed by atoms with Crippen molar-refractivity contribution in [3.05, 3.63) is 101 Å². The van der Waals surface area contributed by atoms with Gasteiger partial charge in [-0.25, -0.2) is 8.78 Å². The van der Waals surface area contributed by atoms with Crippen molar-refractivity contribution in [2.45, 2.75) is 32.7 Å². The highest BCUT2D eigenvalue weighted by atomic mass is 19.1. The van der Waals surface area contributed by atoms with E-state index in [-0.39, 0.29) is 23.4 Å². The summed E-state index contributed by atoms with van der Waals surface area (Å²) in [6.45, 7) is 6.61. The van der Waals surface area contributed by atoms with Crippen LogP contribution in [0.15, 0.2) is 66.7 Å². The first kappa shape index (κ1) is 22.2. The molecule has 160 valence electrons. The first-order chi connectivity index (χ1) is 14.6. The Morgan fingerprint density at radius 3 is 1.84 bits per heavy atom. The molecule has 2 N–H and O–H groups in total. The van der Waals surface area contributed by atoms with Gasteiger partial charge < -0.3 is 10.6 Å². The number of para-hydroxylation sites is 1. The number of hydrogen-bond donors (Lipinski definition) is 2. The van der Waals surface area contributed by atoms with E-state index >= 15 is 0 Å². The van der Waals surface area contributed by atoms with Gasteiger partial charge in [0, 0.05) is 17.7 Å². The van der Waals surface area contributed by atoms with Gasteiger partial charge in [0.25, 0.3) is 11.8 Å². The highest BCUT2D eigenvalue weighted by Crippen LogP contribution is 2.22. The molecule has 2 amide bonds. The fourth-order valence-electron chi connectivity index (χ4n) is 2.98. The topological polar surface area (TPSA) is 58.2 Å². The average molecular weight is 422 g/mol. The smallest absolute Gasteiger partial charge is 0.255 e. The van der Waals surface area contributed by atoms with E-state index in [9.17, 15) is 18.4 Å². The van der Waals surface area contributed by atoms with E-state index in [0.717, 1.165) is 23.3 Å². The van der Waals surface area contributed by atoms with E-state index in [1.165, 1.54) is 18.2 Å². The van der Waals surface area contributed by atoms with Gasteiger partial charge in [0.1, 0.15) is 17.3 Å². The second kappa shape index (κ2) is 9.08. The molecule has 0 heterocycles. The van der Waals surface area contributed by atoms with Gasteiger partial charge in [-0.15, -0.1) is 0 Å². The van der Waals surface area contributed by atoms with E-state index in [1.807, 2.05) is 12.1 Å². The summed E-state index contributed by atoms with van der Waals surface area (Å²) in [6, 6.07) is 17.3. The average Bonchev–Trinajstić information content (AvgIpc) is 2.74. The largest absolute Gasteiger partial charge is 0.348 e. The highest BCUT2D eigenvalue weighted by molar-refractivity contribution is 6.04. The Labute approximate surface area is 180 Å². The zero-order valence-corrected chi connectivity index (χ0v) is 17.6. The fraction of sp³-hybridized carbons (Fsp3) is 0.200. The number of carbonyl (C=O) groups excluding carboxylic acids is 2. The van der Waals surface area contributed by atoms with Crippen LogP contribution in [0.3, 0.4) is 0 Å². The van der Waals surface area contributed by atoms with Crippen molar-refractivity contribution in [2.75, 3.05) is 5.32 Å². The quantitative estimate of drug-likeness (QED) is 0.575. The number of hydrogen-bond acceptors (Lipinski definition) is 2. The van der Waals surface area contributed by atoms with Gasteiger partial charge in [-0.3, -0.25) is 9.59 Å². The van der Waals surface area contributed by atoms with Crippen LogP contribution in [-0.4, -0.2) is 11.8 Å². The molecule has 6 heteroatoms. The van der Waals surface area contributed by atoms with Crippen LogP contribution in [0, 0.1) is 11.6 Å². The van der Waals surface area contributed by atoms with Crippen molar-refractivity contribution >= 4 is 17.5 Å². The van der Waals surface area contributed by atoms with Crippen LogP contribution in [-0.2, 0) is 12.0 Å². The maximum atomic E-state index is 13.7. The van der Waals surface area contributed by atoms with Crippen LogP contribution in [0.1, 0.15) is 52.6 Å². The Morgan fingerprint density at radius 2 is 1.29 bits per heavy atom. The summed E-state index contributed by atoms with van der Waals surface area (Å²) < 4.78 is 27.4. The molecule has 0 saturated heterocycles. The summed E-state index contributed by atoms with van der Waals surface area (Å²) in [5.74, 6) is -2.51. The second-order valence-electron chi connectivity index (χ2n) is 8.26. The molecule has 3 aromatic rings. The summed E-state index contributed by atoms with van der Waals surface area (Å²) in [4.78, 5) is 24.6. The van der Waals surface area contributed by atoms with Gasteiger partial charge in [-0.1, -0.05) is 51.1 Å². The van der Waals surface area contributed by atoms with Gasteiger partial charge in [-0.2, -0.15) is 0 Å². The molecule has 3 aromatic carbocycles. The Bertz CT molecular complexity index is 1070. The Balaban J connectivity index is 1.59. The van der Waals surface area contributed by atoms with Crippen molar-refractivity contribution in [1.82, 2.24) is 5.32 Å². The monoisotopic (exact) mass is 422 g/mol. The van der Waals surface area contributed by atoms with E-state index in [0.29, 0.717) is 5.56 Å². The molecule has 0 fully saturated rings. The molecule has 0 saturated carbocycles. The molecule has 0 atom stereocenters. The van der Waals surface area contributed by atoms with E-state index in [2.05, 4.69) is 31.4 Å². The van der Waals surface area contributed by atoms with E-state index in [1.54, 1.807) is 24.3 Å². The van der Waals surface area contributed by atoms with Gasteiger partial charge in [-0.05, 0) is 52.9 Å². The van der Waals surface area contributed by atoms with Crippen LogP contribution in [0.2, 0.25) is 0 Å². The van der Waals surface area contributed by atoms with Crippen molar-refractivity contribution < 1.29 is 18.4 Å². The Kier molecular flexibility index (Phi) is 6.49. The summed E-state index contributed by atoms with van der Waals surface area (Å²) >= 11 is 0.